The van der Waals surface area contributed by atoms with Crippen molar-refractivity contribution in [2.45, 2.75) is 34.1 Å². The summed E-state index contributed by atoms with van der Waals surface area (Å²) in [5.74, 6) is 0.935. The van der Waals surface area contributed by atoms with Crippen LogP contribution in [0.2, 0.25) is 0 Å². The molecule has 5 aromatic heterocycles. The smallest absolute Gasteiger partial charge is 0.166 e. The first kappa shape index (κ1) is 25.8. The van der Waals surface area contributed by atoms with Crippen LogP contribution in [0, 0.1) is 12.8 Å². The highest BCUT2D eigenvalue weighted by molar-refractivity contribution is 5.94. The maximum atomic E-state index is 16.2. The molecule has 3 N–H and O–H groups in total. The van der Waals surface area contributed by atoms with E-state index in [0.717, 1.165) is 23.3 Å². The van der Waals surface area contributed by atoms with Crippen molar-refractivity contribution in [2.24, 2.45) is 5.92 Å². The number of imidazole rings is 2. The summed E-state index contributed by atoms with van der Waals surface area (Å²) < 4.78 is 18.0. The van der Waals surface area contributed by atoms with E-state index in [1.807, 2.05) is 32.2 Å². The summed E-state index contributed by atoms with van der Waals surface area (Å²) in [6.07, 6.45) is 11.1. The van der Waals surface area contributed by atoms with Gasteiger partial charge >= 0.3 is 0 Å². The van der Waals surface area contributed by atoms with Crippen LogP contribution in [0.25, 0.3) is 45.8 Å². The third kappa shape index (κ3) is 5.13. The van der Waals surface area contributed by atoms with Gasteiger partial charge in [-0.25, -0.2) is 19.3 Å². The molecular formula is C29H30FN9. The Bertz CT molecular complexity index is 1820. The van der Waals surface area contributed by atoms with E-state index in [9.17, 15) is 0 Å². The van der Waals surface area contributed by atoms with E-state index < -0.39 is 5.83 Å². The van der Waals surface area contributed by atoms with Crippen molar-refractivity contribution in [1.82, 2.24) is 39.7 Å². The first-order valence-electron chi connectivity index (χ1n) is 12.6. The van der Waals surface area contributed by atoms with Crippen LogP contribution in [0.3, 0.4) is 0 Å². The average molecular weight is 524 g/mol. The molecule has 5 aromatic rings. The molecule has 10 heteroatoms. The Morgan fingerprint density at radius 3 is 2.77 bits per heavy atom. The van der Waals surface area contributed by atoms with Crippen molar-refractivity contribution >= 4 is 34.2 Å². The van der Waals surface area contributed by atoms with Crippen LogP contribution < -0.4 is 15.9 Å². The molecule has 5 heterocycles. The van der Waals surface area contributed by atoms with Gasteiger partial charge in [-0.05, 0) is 38.3 Å². The molecule has 0 aliphatic rings. The standard InChI is InChI=1S/C29H30FN9/c1-7-22-24(25(30)19(6)20-11-21(13-31-12-20)34-17(4)10-16(2)3)27(38-37-22)28-35-23-8-9-32-29(26(23)36-28)39-14-18(5)33-15-39/h7-9,11-16,34,37H,4,6,10H2,1-3,5H3,(H,35,36)/b22-7+,25-24-. The fraction of sp³-hybridized carbons (Fsp3) is 0.207. The Labute approximate surface area is 225 Å². The Hall–Kier alpha value is -4.86. The Morgan fingerprint density at radius 1 is 1.23 bits per heavy atom. The van der Waals surface area contributed by atoms with Gasteiger partial charge in [0.05, 0.1) is 33.7 Å². The number of aryl methyl sites for hydroxylation is 1. The summed E-state index contributed by atoms with van der Waals surface area (Å²) in [6, 6.07) is 3.62. The van der Waals surface area contributed by atoms with Crippen molar-refractivity contribution in [2.75, 3.05) is 5.32 Å². The molecule has 0 saturated carbocycles. The number of fused-ring (bicyclic) bond motifs is 1. The Kier molecular flexibility index (Phi) is 6.93. The number of hydrogen-bond donors (Lipinski definition) is 3. The highest BCUT2D eigenvalue weighted by Crippen LogP contribution is 2.26. The van der Waals surface area contributed by atoms with E-state index in [4.69, 9.17) is 4.98 Å². The molecule has 39 heavy (non-hydrogen) atoms. The molecule has 0 aromatic carbocycles. The first-order chi connectivity index (χ1) is 18.7. The summed E-state index contributed by atoms with van der Waals surface area (Å²) >= 11 is 0. The molecule has 0 radical (unpaired) electrons. The van der Waals surface area contributed by atoms with Crippen molar-refractivity contribution in [1.29, 1.82) is 0 Å². The van der Waals surface area contributed by atoms with Crippen LogP contribution in [0.4, 0.5) is 10.1 Å². The minimum absolute atomic E-state index is 0.179. The zero-order valence-corrected chi connectivity index (χ0v) is 22.4. The van der Waals surface area contributed by atoms with Gasteiger partial charge in [0, 0.05) is 35.4 Å². The summed E-state index contributed by atoms with van der Waals surface area (Å²) in [6.45, 7) is 16.1. The first-order valence-corrected chi connectivity index (χ1v) is 12.6. The van der Waals surface area contributed by atoms with Gasteiger partial charge in [-0.3, -0.25) is 14.6 Å². The Morgan fingerprint density at radius 2 is 2.05 bits per heavy atom. The molecule has 0 unspecified atom stereocenters. The topological polar surface area (TPSA) is 113 Å². The molecule has 0 bridgehead atoms. The van der Waals surface area contributed by atoms with E-state index in [0.29, 0.717) is 45.4 Å². The van der Waals surface area contributed by atoms with Crippen LogP contribution in [0.15, 0.2) is 62.1 Å². The monoisotopic (exact) mass is 523 g/mol. The van der Waals surface area contributed by atoms with Crippen LogP contribution in [-0.2, 0) is 0 Å². The number of anilines is 1. The lowest BCUT2D eigenvalue weighted by Gasteiger charge is -2.12. The lowest BCUT2D eigenvalue weighted by Crippen LogP contribution is -2.26. The molecule has 5 rings (SSSR count). The molecule has 0 amide bonds. The summed E-state index contributed by atoms with van der Waals surface area (Å²) in [5.41, 5.74) is 4.84. The second-order valence-corrected chi connectivity index (χ2v) is 9.77. The minimum Gasteiger partial charge on any atom is -0.358 e. The predicted octanol–water partition coefficient (Wildman–Crippen LogP) is 4.80. The number of H-pyrrole nitrogens is 2. The van der Waals surface area contributed by atoms with Gasteiger partial charge in [0.25, 0.3) is 0 Å². The van der Waals surface area contributed by atoms with Crippen LogP contribution in [-0.4, -0.2) is 39.7 Å². The molecule has 0 fully saturated rings. The quantitative estimate of drug-likeness (QED) is 0.269. The summed E-state index contributed by atoms with van der Waals surface area (Å²) in [7, 11) is 0. The predicted molar refractivity (Wildman–Crippen MR) is 153 cm³/mol. The molecule has 0 spiro atoms. The van der Waals surface area contributed by atoms with Gasteiger partial charge in [0.1, 0.15) is 23.4 Å². The van der Waals surface area contributed by atoms with Crippen molar-refractivity contribution < 1.29 is 4.39 Å². The maximum Gasteiger partial charge on any atom is 0.166 e. The third-order valence-corrected chi connectivity index (χ3v) is 6.19. The van der Waals surface area contributed by atoms with Gasteiger partial charge in [-0.1, -0.05) is 33.1 Å². The van der Waals surface area contributed by atoms with Gasteiger partial charge in [0.15, 0.2) is 11.6 Å². The number of nitrogens with zero attached hydrogens (tertiary/aromatic N) is 6. The number of hydrogen-bond acceptors (Lipinski definition) is 6. The molecule has 198 valence electrons. The normalized spacial score (nSPS) is 12.8. The van der Waals surface area contributed by atoms with Gasteiger partial charge in [-0.2, -0.15) is 5.10 Å². The highest BCUT2D eigenvalue weighted by atomic mass is 19.1. The molecule has 0 atom stereocenters. The van der Waals surface area contributed by atoms with E-state index in [2.05, 4.69) is 62.5 Å². The number of halogens is 1. The Balaban J connectivity index is 1.58. The highest BCUT2D eigenvalue weighted by Gasteiger charge is 2.18. The molecule has 0 aliphatic heterocycles. The molecule has 0 aliphatic carbocycles. The summed E-state index contributed by atoms with van der Waals surface area (Å²) in [4.78, 5) is 21.1. The number of nitrogens with one attached hydrogen (secondary N) is 3. The molecular weight excluding hydrogens is 493 g/mol. The van der Waals surface area contributed by atoms with Gasteiger partial charge in [-0.15, -0.1) is 0 Å². The third-order valence-electron chi connectivity index (χ3n) is 6.19. The zero-order valence-electron chi connectivity index (χ0n) is 22.4. The lowest BCUT2D eigenvalue weighted by molar-refractivity contribution is 0.645. The lowest BCUT2D eigenvalue weighted by atomic mass is 10.1. The maximum absolute atomic E-state index is 16.2. The van der Waals surface area contributed by atoms with Crippen LogP contribution in [0.5, 0.6) is 0 Å². The average Bonchev–Trinajstić information content (AvgIpc) is 3.64. The number of aromatic nitrogens is 8. The van der Waals surface area contributed by atoms with E-state index in [-0.39, 0.29) is 10.8 Å². The number of pyridine rings is 2. The van der Waals surface area contributed by atoms with E-state index >= 15 is 4.39 Å². The zero-order chi connectivity index (χ0) is 27.7. The minimum atomic E-state index is -0.532. The second-order valence-electron chi connectivity index (χ2n) is 9.77. The largest absolute Gasteiger partial charge is 0.358 e. The van der Waals surface area contributed by atoms with Crippen LogP contribution in [0.1, 0.15) is 38.4 Å². The SMILES string of the molecule is C=C(CC(C)C)Nc1cncc(C(=C)/C(F)=c2/c(-c3nc4c(-n5cnc(C)c5)nccc4[nH]3)n[nH]/c2=C/C)c1. The number of allylic oxidation sites excluding steroid dienone is 2. The fourth-order valence-electron chi connectivity index (χ4n) is 4.42. The van der Waals surface area contributed by atoms with Gasteiger partial charge in [0.2, 0.25) is 0 Å². The molecule has 9 nitrogen and oxygen atoms in total. The van der Waals surface area contributed by atoms with Crippen molar-refractivity contribution in [3.8, 4) is 17.3 Å². The van der Waals surface area contributed by atoms with Crippen molar-refractivity contribution in [3.63, 3.8) is 0 Å². The second kappa shape index (κ2) is 10.5. The molecule has 0 saturated heterocycles. The van der Waals surface area contributed by atoms with Crippen molar-refractivity contribution in [3.05, 3.63) is 83.9 Å². The number of rotatable bonds is 8. The summed E-state index contributed by atoms with van der Waals surface area (Å²) in [5, 5.41) is 11.4. The van der Waals surface area contributed by atoms with Gasteiger partial charge < -0.3 is 10.3 Å². The van der Waals surface area contributed by atoms with E-state index in [1.165, 1.54) is 0 Å². The van der Waals surface area contributed by atoms with E-state index in [1.54, 1.807) is 35.6 Å². The number of aromatic amines is 2. The van der Waals surface area contributed by atoms with Crippen LogP contribution >= 0.6 is 0 Å². The fourth-order valence-corrected chi connectivity index (χ4v) is 4.42.